The Balaban J connectivity index is 0.759. The summed E-state index contributed by atoms with van der Waals surface area (Å²) < 4.78 is 0. The van der Waals surface area contributed by atoms with Gasteiger partial charge in [0.05, 0.1) is 95.1 Å². The Kier molecular flexibility index (Phi) is 11.0. The zero-order valence-corrected chi connectivity index (χ0v) is 49.8. The fourth-order valence-electron chi connectivity index (χ4n) is 15.6. The van der Waals surface area contributed by atoms with E-state index in [0.29, 0.717) is 25.7 Å². The van der Waals surface area contributed by atoms with Crippen LogP contribution < -0.4 is 0 Å². The Morgan fingerprint density at radius 1 is 0.204 bits per heavy atom. The van der Waals surface area contributed by atoms with Crippen LogP contribution in [0.25, 0.3) is 87.2 Å². The quantitative estimate of drug-likeness (QED) is 0.108. The number of rotatable bonds is 8. The highest BCUT2D eigenvalue weighted by molar-refractivity contribution is 6.22. The van der Waals surface area contributed by atoms with Crippen molar-refractivity contribution < 1.29 is 0 Å². The van der Waals surface area contributed by atoms with E-state index >= 15 is 0 Å². The lowest BCUT2D eigenvalue weighted by Crippen LogP contribution is -2.31. The van der Waals surface area contributed by atoms with E-state index in [1.165, 1.54) is 0 Å². The van der Waals surface area contributed by atoms with Crippen LogP contribution in [0.1, 0.15) is 66.8 Å². The molecule has 4 aliphatic rings. The molecule has 93 heavy (non-hydrogen) atoms. The van der Waals surface area contributed by atoms with E-state index < -0.39 is 5.41 Å². The van der Waals surface area contributed by atoms with E-state index in [-0.39, 0.29) is 0 Å². The highest BCUT2D eigenvalue weighted by atomic mass is 14.9. The first kappa shape index (κ1) is 51.6. The van der Waals surface area contributed by atoms with Crippen LogP contribution in [0.2, 0.25) is 0 Å². The van der Waals surface area contributed by atoms with Gasteiger partial charge in [0.25, 0.3) is 0 Å². The van der Waals surface area contributed by atoms with Gasteiger partial charge in [0, 0.05) is 141 Å². The molecular formula is C81H48N12. The van der Waals surface area contributed by atoms with Gasteiger partial charge in [0.15, 0.2) is 0 Å². The van der Waals surface area contributed by atoms with Crippen LogP contribution in [0.3, 0.4) is 0 Å². The standard InChI is InChI=1S/C81H48N12/c1-9-53-57-13-5-37-86-73(57)77-61(69(53)82-33-1)41-65(90-77)45-17-25-49(26-18-45)81(50-27-19-46(20-28-50)66-42-62-70-54(10-2-34-83-70)58-14-6-38-87-74(58)78(62)91-66,51-29-21-47(22-30-51)67-43-63-71-55(11-3-35-84-71)59-15-7-39-88-75(59)79(63)92-67)52-31-23-48(24-32-52)68-44-64-72-56(12-4-36-85-72)60-16-8-40-89-76(60)80(64)93-68/h1-40H,41-44H2. The van der Waals surface area contributed by atoms with E-state index in [4.69, 9.17) is 59.8 Å². The van der Waals surface area contributed by atoms with Crippen molar-refractivity contribution in [3.8, 4) is 0 Å². The van der Waals surface area contributed by atoms with Crippen LogP contribution >= 0.6 is 0 Å². The van der Waals surface area contributed by atoms with Gasteiger partial charge in [-0.3, -0.25) is 39.9 Å². The summed E-state index contributed by atoms with van der Waals surface area (Å²) in [4.78, 5) is 61.0. The smallest absolute Gasteiger partial charge is 0.0969 e. The second-order valence-electron chi connectivity index (χ2n) is 24.5. The van der Waals surface area contributed by atoms with Crippen LogP contribution in [0, 0.1) is 0 Å². The van der Waals surface area contributed by atoms with E-state index in [9.17, 15) is 0 Å². The summed E-state index contributed by atoms with van der Waals surface area (Å²) in [5.74, 6) is 0. The molecule has 8 aromatic carbocycles. The van der Waals surface area contributed by atoms with Crippen LogP contribution in [-0.4, -0.2) is 62.7 Å². The lowest BCUT2D eigenvalue weighted by atomic mass is 9.64. The van der Waals surface area contributed by atoms with Gasteiger partial charge in [0.2, 0.25) is 0 Å². The topological polar surface area (TPSA) is 153 Å². The number of aromatic nitrogens is 8. The molecule has 0 atom stereocenters. The van der Waals surface area contributed by atoms with E-state index in [0.717, 1.165) is 200 Å². The van der Waals surface area contributed by atoms with Gasteiger partial charge in [-0.25, -0.2) is 20.0 Å². The Labute approximate surface area is 531 Å². The van der Waals surface area contributed by atoms with Crippen LogP contribution in [0.15, 0.2) is 264 Å². The molecule has 0 saturated carbocycles. The van der Waals surface area contributed by atoms with Crippen molar-refractivity contribution in [1.29, 1.82) is 0 Å². The number of fused-ring (bicyclic) bond motifs is 24. The zero-order valence-electron chi connectivity index (χ0n) is 49.8. The summed E-state index contributed by atoms with van der Waals surface area (Å²) in [6, 6.07) is 69.4. The molecule has 0 unspecified atom stereocenters. The number of hydrogen-bond acceptors (Lipinski definition) is 12. The summed E-state index contributed by atoms with van der Waals surface area (Å²) in [6.07, 6.45) is 17.4. The highest BCUT2D eigenvalue weighted by Crippen LogP contribution is 2.50. The summed E-state index contributed by atoms with van der Waals surface area (Å²) in [5, 5.41) is 8.54. The minimum absolute atomic E-state index is 0.632. The minimum Gasteiger partial charge on any atom is -0.256 e. The van der Waals surface area contributed by atoms with Gasteiger partial charge in [0.1, 0.15) is 0 Å². The Hall–Kier alpha value is -12.3. The molecule has 0 radical (unpaired) electrons. The molecule has 0 N–H and O–H groups in total. The number of benzene rings is 8. The average molecular weight is 1190 g/mol. The number of aliphatic imine (C=N–C) groups is 4. The normalized spacial score (nSPS) is 14.1. The Bertz CT molecular complexity index is 5340. The van der Waals surface area contributed by atoms with Crippen molar-refractivity contribution in [1.82, 2.24) is 39.9 Å². The molecule has 0 bridgehead atoms. The third-order valence-corrected chi connectivity index (χ3v) is 19.8. The predicted molar refractivity (Wildman–Crippen MR) is 373 cm³/mol. The summed E-state index contributed by atoms with van der Waals surface area (Å²) in [7, 11) is 0. The molecule has 4 aliphatic heterocycles. The number of nitrogens with zero attached hydrogens (tertiary/aromatic N) is 12. The first-order chi connectivity index (χ1) is 46.1. The summed E-state index contributed by atoms with van der Waals surface area (Å²) in [5.41, 5.74) is 26.8. The van der Waals surface area contributed by atoms with Crippen molar-refractivity contribution in [3.63, 3.8) is 0 Å². The summed E-state index contributed by atoms with van der Waals surface area (Å²) >= 11 is 0. The minimum atomic E-state index is -0.892. The maximum atomic E-state index is 5.41. The van der Waals surface area contributed by atoms with Crippen molar-refractivity contribution >= 4 is 133 Å². The number of hydrogen-bond donors (Lipinski definition) is 0. The fourth-order valence-corrected chi connectivity index (χ4v) is 15.6. The molecule has 0 amide bonds. The molecule has 0 saturated heterocycles. The zero-order chi connectivity index (χ0) is 60.9. The first-order valence-electron chi connectivity index (χ1n) is 31.4. The SMILES string of the molecule is c1cnc2c3c(c4ncccc4c2c1)N=C(c1ccc(C(c2ccc(C4=Nc5c(c6ncccc6c6cccnc56)C4)cc2)(c2ccc(C4=Nc5c(c6ncccc6c6cccnc56)C4)cc2)c2ccc(C4=Nc5c(c6ncccc6c6cccnc56)C4)cc2)cc1)C3. The van der Waals surface area contributed by atoms with E-state index in [1.807, 2.05) is 98.1 Å². The van der Waals surface area contributed by atoms with Crippen molar-refractivity contribution in [2.75, 3.05) is 0 Å². The van der Waals surface area contributed by atoms with Crippen molar-refractivity contribution in [2.24, 2.45) is 20.0 Å². The van der Waals surface area contributed by atoms with Gasteiger partial charge in [-0.15, -0.1) is 0 Å². The van der Waals surface area contributed by atoms with Gasteiger partial charge in [-0.1, -0.05) is 146 Å². The molecule has 12 heterocycles. The van der Waals surface area contributed by atoms with Crippen molar-refractivity contribution in [2.45, 2.75) is 31.1 Å². The maximum absolute atomic E-state index is 5.41. The summed E-state index contributed by atoms with van der Waals surface area (Å²) in [6.45, 7) is 0. The molecule has 12 nitrogen and oxygen atoms in total. The van der Waals surface area contributed by atoms with Gasteiger partial charge in [-0.05, 0) is 93.0 Å². The average Bonchev–Trinajstić information content (AvgIpc) is 1.77. The molecule has 0 aliphatic carbocycles. The second kappa shape index (κ2) is 19.9. The second-order valence-corrected chi connectivity index (χ2v) is 24.5. The van der Waals surface area contributed by atoms with E-state index in [2.05, 4.69) is 146 Å². The van der Waals surface area contributed by atoms with E-state index in [1.54, 1.807) is 0 Å². The molecular weight excluding hydrogens is 1140 g/mol. The monoisotopic (exact) mass is 1190 g/mol. The van der Waals surface area contributed by atoms with Gasteiger partial charge < -0.3 is 0 Å². The van der Waals surface area contributed by atoms with Gasteiger partial charge in [-0.2, -0.15) is 0 Å². The maximum Gasteiger partial charge on any atom is 0.0969 e. The molecule has 12 heteroatoms. The van der Waals surface area contributed by atoms with Crippen LogP contribution in [0.4, 0.5) is 22.7 Å². The Morgan fingerprint density at radius 3 is 0.591 bits per heavy atom. The first-order valence-corrected chi connectivity index (χ1v) is 31.4. The van der Waals surface area contributed by atoms with Crippen LogP contribution in [0.5, 0.6) is 0 Å². The lowest BCUT2D eigenvalue weighted by Gasteiger charge is -2.37. The third kappa shape index (κ3) is 7.60. The number of pyridine rings is 8. The molecule has 432 valence electrons. The van der Waals surface area contributed by atoms with Crippen molar-refractivity contribution in [3.05, 3.63) is 310 Å². The fraction of sp³-hybridized carbons (Fsp3) is 0.0617. The highest BCUT2D eigenvalue weighted by Gasteiger charge is 2.40. The molecule has 16 aromatic rings. The molecule has 20 rings (SSSR count). The molecule has 0 fully saturated rings. The predicted octanol–water partition coefficient (Wildman–Crippen LogP) is 17.2. The Morgan fingerprint density at radius 2 is 0.387 bits per heavy atom. The van der Waals surface area contributed by atoms with Gasteiger partial charge >= 0.3 is 0 Å². The lowest BCUT2D eigenvalue weighted by molar-refractivity contribution is 0.744. The van der Waals surface area contributed by atoms with Crippen LogP contribution in [-0.2, 0) is 31.1 Å². The molecule has 0 spiro atoms. The molecule has 8 aromatic heterocycles. The third-order valence-electron chi connectivity index (χ3n) is 19.8. The largest absolute Gasteiger partial charge is 0.256 e.